The Morgan fingerprint density at radius 3 is 2.70 bits per heavy atom. The van der Waals surface area contributed by atoms with Crippen molar-refractivity contribution in [2.24, 2.45) is 0 Å². The van der Waals surface area contributed by atoms with Gasteiger partial charge in [-0.3, -0.25) is 4.98 Å². The number of rotatable bonds is 3. The van der Waals surface area contributed by atoms with E-state index in [2.05, 4.69) is 53.8 Å². The molecule has 3 heteroatoms. The van der Waals surface area contributed by atoms with E-state index >= 15 is 0 Å². The van der Waals surface area contributed by atoms with Crippen LogP contribution in [0.2, 0.25) is 0 Å². The Morgan fingerprint density at radius 2 is 1.87 bits per heavy atom. The average Bonchev–Trinajstić information content (AvgIpc) is 2.63. The highest BCUT2D eigenvalue weighted by atomic mass is 16.5. The largest absolute Gasteiger partial charge is 0.371 e. The molecule has 0 unspecified atom stereocenters. The van der Waals surface area contributed by atoms with Gasteiger partial charge in [-0.1, -0.05) is 48.5 Å². The number of para-hydroxylation sites is 1. The number of benzene rings is 2. The smallest absolute Gasteiger partial charge is 0.0949 e. The lowest BCUT2D eigenvalue weighted by atomic mass is 10.0. The highest BCUT2D eigenvalue weighted by molar-refractivity contribution is 5.78. The van der Waals surface area contributed by atoms with Crippen molar-refractivity contribution in [3.63, 3.8) is 0 Å². The maximum Gasteiger partial charge on any atom is 0.0949 e. The van der Waals surface area contributed by atoms with Crippen molar-refractivity contribution in [2.45, 2.75) is 12.5 Å². The Hall–Kier alpha value is -2.23. The first-order valence-corrected chi connectivity index (χ1v) is 8.14. The summed E-state index contributed by atoms with van der Waals surface area (Å²) in [7, 11) is 0. The molecule has 0 spiro atoms. The van der Waals surface area contributed by atoms with Crippen LogP contribution in [0, 0.1) is 0 Å². The topological polar surface area (TPSA) is 34.2 Å². The van der Waals surface area contributed by atoms with E-state index in [-0.39, 0.29) is 6.10 Å². The Morgan fingerprint density at radius 1 is 1.00 bits per heavy atom. The van der Waals surface area contributed by atoms with E-state index in [1.54, 1.807) is 0 Å². The maximum atomic E-state index is 5.80. The van der Waals surface area contributed by atoms with Crippen molar-refractivity contribution in [3.8, 4) is 0 Å². The van der Waals surface area contributed by atoms with Crippen LogP contribution in [0.5, 0.6) is 0 Å². The molecule has 0 radical (unpaired) electrons. The normalized spacial score (nSPS) is 18.2. The monoisotopic (exact) mass is 304 g/mol. The van der Waals surface area contributed by atoms with Crippen LogP contribution < -0.4 is 5.32 Å². The second-order valence-corrected chi connectivity index (χ2v) is 5.98. The van der Waals surface area contributed by atoms with Crippen LogP contribution in [0.25, 0.3) is 10.9 Å². The van der Waals surface area contributed by atoms with Gasteiger partial charge in [-0.15, -0.1) is 0 Å². The van der Waals surface area contributed by atoms with Crippen molar-refractivity contribution in [3.05, 3.63) is 77.5 Å². The van der Waals surface area contributed by atoms with E-state index in [4.69, 9.17) is 9.72 Å². The molecule has 3 nitrogen and oxygen atoms in total. The number of morpholine rings is 1. The Kier molecular flexibility index (Phi) is 4.05. The standard InChI is InChI=1S/C20H20N2O/c1-2-4-19-16(3-1)9-10-18(22-19)13-15-5-7-17(8-6-15)20-14-21-11-12-23-20/h1-10,20-21H,11-14H2/t20-/m1/s1. The summed E-state index contributed by atoms with van der Waals surface area (Å²) in [6.07, 6.45) is 1.03. The lowest BCUT2D eigenvalue weighted by Crippen LogP contribution is -2.33. The second-order valence-electron chi connectivity index (χ2n) is 5.98. The Balaban J connectivity index is 1.51. The third-order valence-electron chi connectivity index (χ3n) is 4.32. The van der Waals surface area contributed by atoms with Crippen molar-refractivity contribution in [1.82, 2.24) is 10.3 Å². The zero-order valence-electron chi connectivity index (χ0n) is 13.0. The van der Waals surface area contributed by atoms with Crippen LogP contribution in [0.1, 0.15) is 22.9 Å². The van der Waals surface area contributed by atoms with Crippen LogP contribution in [0.3, 0.4) is 0 Å². The maximum absolute atomic E-state index is 5.80. The summed E-state index contributed by atoms with van der Waals surface area (Å²) in [6.45, 7) is 2.63. The summed E-state index contributed by atoms with van der Waals surface area (Å²) < 4.78 is 5.80. The fraction of sp³-hybridized carbons (Fsp3) is 0.250. The summed E-state index contributed by atoms with van der Waals surface area (Å²) in [4.78, 5) is 4.75. The molecule has 2 heterocycles. The molecule has 1 atom stereocenters. The molecule has 1 aromatic heterocycles. The van der Waals surface area contributed by atoms with Crippen LogP contribution in [0.4, 0.5) is 0 Å². The molecule has 0 saturated carbocycles. The van der Waals surface area contributed by atoms with Crippen molar-refractivity contribution >= 4 is 10.9 Å². The van der Waals surface area contributed by atoms with Crippen molar-refractivity contribution < 1.29 is 4.74 Å². The molecular formula is C20H20N2O. The molecule has 0 aliphatic carbocycles. The van der Waals surface area contributed by atoms with Gasteiger partial charge in [0, 0.05) is 30.6 Å². The van der Waals surface area contributed by atoms with Gasteiger partial charge in [0.15, 0.2) is 0 Å². The number of aromatic nitrogens is 1. The average molecular weight is 304 g/mol. The SMILES string of the molecule is c1ccc2nc(Cc3ccc([C@H]4CNCCO4)cc3)ccc2c1. The molecule has 0 amide bonds. The molecule has 1 saturated heterocycles. The van der Waals surface area contributed by atoms with E-state index in [1.807, 2.05) is 12.1 Å². The summed E-state index contributed by atoms with van der Waals surface area (Å²) in [5.74, 6) is 0. The predicted octanol–water partition coefficient (Wildman–Crippen LogP) is 3.49. The number of pyridine rings is 1. The molecule has 2 aromatic carbocycles. The first kappa shape index (κ1) is 14.4. The molecule has 3 aromatic rings. The van der Waals surface area contributed by atoms with E-state index in [0.29, 0.717) is 0 Å². The van der Waals surface area contributed by atoms with Gasteiger partial charge in [-0.05, 0) is 23.3 Å². The molecule has 1 fully saturated rings. The summed E-state index contributed by atoms with van der Waals surface area (Å²) in [5, 5.41) is 4.56. The Bertz CT molecular complexity index is 792. The van der Waals surface area contributed by atoms with Gasteiger partial charge in [-0.25, -0.2) is 0 Å². The first-order valence-electron chi connectivity index (χ1n) is 8.14. The molecule has 116 valence electrons. The quantitative estimate of drug-likeness (QED) is 0.804. The zero-order valence-corrected chi connectivity index (χ0v) is 13.0. The van der Waals surface area contributed by atoms with Crippen LogP contribution >= 0.6 is 0 Å². The summed E-state index contributed by atoms with van der Waals surface area (Å²) in [5.41, 5.74) is 4.68. The summed E-state index contributed by atoms with van der Waals surface area (Å²) >= 11 is 0. The van der Waals surface area contributed by atoms with Crippen molar-refractivity contribution in [1.29, 1.82) is 0 Å². The van der Waals surface area contributed by atoms with Gasteiger partial charge in [0.05, 0.1) is 18.2 Å². The second kappa shape index (κ2) is 6.49. The molecule has 23 heavy (non-hydrogen) atoms. The number of nitrogens with one attached hydrogen (secondary N) is 1. The van der Waals surface area contributed by atoms with E-state index in [9.17, 15) is 0 Å². The fourth-order valence-corrected chi connectivity index (χ4v) is 3.05. The minimum atomic E-state index is 0.177. The molecule has 1 aliphatic rings. The van der Waals surface area contributed by atoms with Gasteiger partial charge in [0.2, 0.25) is 0 Å². The van der Waals surface area contributed by atoms with Gasteiger partial charge in [-0.2, -0.15) is 0 Å². The molecule has 0 bridgehead atoms. The van der Waals surface area contributed by atoms with E-state index in [1.165, 1.54) is 16.5 Å². The van der Waals surface area contributed by atoms with Gasteiger partial charge in [0.1, 0.15) is 0 Å². The first-order chi connectivity index (χ1) is 11.4. The summed E-state index contributed by atoms with van der Waals surface area (Å²) in [6, 6.07) is 21.2. The number of ether oxygens (including phenoxy) is 1. The van der Waals surface area contributed by atoms with Crippen molar-refractivity contribution in [2.75, 3.05) is 19.7 Å². The van der Waals surface area contributed by atoms with Crippen LogP contribution in [-0.4, -0.2) is 24.7 Å². The number of nitrogens with zero attached hydrogens (tertiary/aromatic N) is 1. The molecule has 1 N–H and O–H groups in total. The molecule has 4 rings (SSSR count). The number of hydrogen-bond donors (Lipinski definition) is 1. The number of fused-ring (bicyclic) bond motifs is 1. The fourth-order valence-electron chi connectivity index (χ4n) is 3.05. The lowest BCUT2D eigenvalue weighted by molar-refractivity contribution is 0.0277. The van der Waals surface area contributed by atoms with Gasteiger partial charge < -0.3 is 10.1 Å². The zero-order chi connectivity index (χ0) is 15.5. The number of hydrogen-bond acceptors (Lipinski definition) is 3. The van der Waals surface area contributed by atoms with E-state index in [0.717, 1.165) is 37.3 Å². The Labute approximate surface area is 136 Å². The molecular weight excluding hydrogens is 284 g/mol. The van der Waals surface area contributed by atoms with Crippen LogP contribution in [-0.2, 0) is 11.2 Å². The third-order valence-corrected chi connectivity index (χ3v) is 4.32. The minimum Gasteiger partial charge on any atom is -0.371 e. The van der Waals surface area contributed by atoms with Crippen LogP contribution in [0.15, 0.2) is 60.7 Å². The van der Waals surface area contributed by atoms with Gasteiger partial charge >= 0.3 is 0 Å². The predicted molar refractivity (Wildman–Crippen MR) is 92.6 cm³/mol. The molecule has 1 aliphatic heterocycles. The highest BCUT2D eigenvalue weighted by Crippen LogP contribution is 2.20. The third kappa shape index (κ3) is 3.26. The van der Waals surface area contributed by atoms with Gasteiger partial charge in [0.25, 0.3) is 0 Å². The lowest BCUT2D eigenvalue weighted by Gasteiger charge is -2.24. The minimum absolute atomic E-state index is 0.177. The highest BCUT2D eigenvalue weighted by Gasteiger charge is 2.15. The van der Waals surface area contributed by atoms with E-state index < -0.39 is 0 Å².